The van der Waals surface area contributed by atoms with Crippen molar-refractivity contribution in [1.29, 1.82) is 0 Å². The van der Waals surface area contributed by atoms with E-state index in [9.17, 15) is 0 Å². The molecule has 3 aromatic carbocycles. The number of aryl methyl sites for hydroxylation is 1. The monoisotopic (exact) mass is 442 g/mol. The van der Waals surface area contributed by atoms with Crippen molar-refractivity contribution in [3.63, 3.8) is 0 Å². The van der Waals surface area contributed by atoms with E-state index >= 15 is 0 Å². The van der Waals surface area contributed by atoms with Crippen LogP contribution in [0.3, 0.4) is 0 Å². The summed E-state index contributed by atoms with van der Waals surface area (Å²) in [5.41, 5.74) is 7.88. The molecule has 0 N–H and O–H groups in total. The minimum absolute atomic E-state index is 0.546. The predicted octanol–water partition coefficient (Wildman–Crippen LogP) is 8.40. The highest BCUT2D eigenvalue weighted by atomic mass is 14.9. The lowest BCUT2D eigenvalue weighted by Crippen LogP contribution is -1.99. The number of terminal acetylenes is 1. The molecule has 0 spiro atoms. The maximum atomic E-state index is 5.82. The summed E-state index contributed by atoms with van der Waals surface area (Å²) in [6, 6.07) is 29.1. The van der Waals surface area contributed by atoms with Gasteiger partial charge in [-0.1, -0.05) is 104 Å². The van der Waals surface area contributed by atoms with Crippen molar-refractivity contribution in [2.75, 3.05) is 0 Å². The summed E-state index contributed by atoms with van der Waals surface area (Å²) in [4.78, 5) is 9.67. The zero-order valence-corrected chi connectivity index (χ0v) is 20.3. The van der Waals surface area contributed by atoms with Crippen molar-refractivity contribution in [1.82, 2.24) is 9.97 Å². The Balaban J connectivity index is 0.00000158. The van der Waals surface area contributed by atoms with Crippen molar-refractivity contribution < 1.29 is 0 Å². The molecule has 1 aromatic heterocycles. The third kappa shape index (κ3) is 5.97. The fourth-order valence-corrected chi connectivity index (χ4v) is 3.54. The van der Waals surface area contributed by atoms with Crippen LogP contribution < -0.4 is 0 Å². The molecule has 4 aromatic rings. The van der Waals surface area contributed by atoms with Gasteiger partial charge in [0.05, 0.1) is 17.0 Å². The Morgan fingerprint density at radius 1 is 0.735 bits per heavy atom. The van der Waals surface area contributed by atoms with E-state index in [0.29, 0.717) is 11.4 Å². The molecule has 0 amide bonds. The second-order valence-corrected chi connectivity index (χ2v) is 7.53. The minimum atomic E-state index is 0.546. The molecule has 0 radical (unpaired) electrons. The summed E-state index contributed by atoms with van der Waals surface area (Å²) in [6.45, 7) is 8.03. The second-order valence-electron chi connectivity index (χ2n) is 7.53. The topological polar surface area (TPSA) is 25.8 Å². The van der Waals surface area contributed by atoms with Crippen molar-refractivity contribution in [3.8, 4) is 46.0 Å². The molecule has 0 fully saturated rings. The average Bonchev–Trinajstić information content (AvgIpc) is 2.91. The number of nitrogens with zero attached hydrogens (tertiary/aromatic N) is 2. The molecule has 4 rings (SSSR count). The van der Waals surface area contributed by atoms with Crippen molar-refractivity contribution in [2.24, 2.45) is 0 Å². The van der Waals surface area contributed by atoms with Crippen molar-refractivity contribution in [2.45, 2.75) is 27.7 Å². The molecule has 0 unspecified atom stereocenters. The van der Waals surface area contributed by atoms with Crippen LogP contribution in [0.25, 0.3) is 39.2 Å². The Labute approximate surface area is 203 Å². The highest BCUT2D eigenvalue weighted by Crippen LogP contribution is 2.29. The average molecular weight is 443 g/mol. The van der Waals surface area contributed by atoms with Crippen LogP contribution in [0, 0.1) is 19.3 Å². The number of aromatic nitrogens is 2. The Bertz CT molecular complexity index is 1340. The molecule has 2 nitrogen and oxygen atoms in total. The van der Waals surface area contributed by atoms with Crippen LogP contribution in [0.2, 0.25) is 0 Å². The number of rotatable bonds is 5. The molecular formula is C32H30N2. The molecule has 0 aliphatic rings. The minimum Gasteiger partial charge on any atom is -0.227 e. The summed E-state index contributed by atoms with van der Waals surface area (Å²) in [5.74, 6) is 3.29. The van der Waals surface area contributed by atoms with E-state index in [1.807, 2.05) is 69.3 Å². The normalized spacial score (nSPS) is 11.0. The van der Waals surface area contributed by atoms with Crippen molar-refractivity contribution in [3.05, 3.63) is 115 Å². The van der Waals surface area contributed by atoms with Crippen molar-refractivity contribution >= 4 is 5.57 Å². The fourth-order valence-electron chi connectivity index (χ4n) is 3.54. The first-order valence-corrected chi connectivity index (χ1v) is 11.6. The van der Waals surface area contributed by atoms with E-state index in [1.54, 1.807) is 0 Å². The van der Waals surface area contributed by atoms with Gasteiger partial charge in [-0.15, -0.1) is 6.42 Å². The second kappa shape index (κ2) is 12.1. The number of allylic oxidation sites excluding steroid dienone is 4. The maximum absolute atomic E-state index is 5.82. The zero-order chi connectivity index (χ0) is 24.3. The van der Waals surface area contributed by atoms with Gasteiger partial charge in [-0.3, -0.25) is 0 Å². The van der Waals surface area contributed by atoms with Gasteiger partial charge in [0.1, 0.15) is 0 Å². The van der Waals surface area contributed by atoms with Crippen LogP contribution in [0.4, 0.5) is 0 Å². The molecule has 34 heavy (non-hydrogen) atoms. The zero-order valence-electron chi connectivity index (χ0n) is 20.3. The molecule has 0 saturated heterocycles. The lowest BCUT2D eigenvalue weighted by molar-refractivity contribution is 1.13. The maximum Gasteiger partial charge on any atom is 0.168 e. The molecule has 0 aliphatic heterocycles. The van der Waals surface area contributed by atoms with Crippen LogP contribution in [-0.4, -0.2) is 9.97 Å². The summed E-state index contributed by atoms with van der Waals surface area (Å²) >= 11 is 0. The summed E-state index contributed by atoms with van der Waals surface area (Å²) in [5, 5.41) is 0. The number of benzene rings is 3. The van der Waals surface area contributed by atoms with E-state index in [2.05, 4.69) is 67.4 Å². The van der Waals surface area contributed by atoms with E-state index in [4.69, 9.17) is 16.4 Å². The molecule has 0 saturated carbocycles. The van der Waals surface area contributed by atoms with Crippen LogP contribution >= 0.6 is 0 Å². The molecule has 1 heterocycles. The standard InChI is InChI=1S/C30H24N2.C2H6/c1-4-6-13-23(5-2)30-31-28(26-17-10-12-22(3)19-26)21-29(32-30)27-18-11-16-25(20-27)24-14-8-7-9-15-24;1-2/h2,4,6-21H,1,3H3;1-2H3/b6-4-,23-13+;. The van der Waals surface area contributed by atoms with E-state index < -0.39 is 0 Å². The van der Waals surface area contributed by atoms with Gasteiger partial charge in [0.2, 0.25) is 0 Å². The van der Waals surface area contributed by atoms with Gasteiger partial charge >= 0.3 is 0 Å². The highest BCUT2D eigenvalue weighted by molar-refractivity contribution is 5.80. The Morgan fingerprint density at radius 2 is 1.32 bits per heavy atom. The summed E-state index contributed by atoms with van der Waals surface area (Å²) in [6.07, 6.45) is 11.5. The van der Waals surface area contributed by atoms with Gasteiger partial charge in [0.25, 0.3) is 0 Å². The third-order valence-electron chi connectivity index (χ3n) is 5.16. The molecule has 0 atom stereocenters. The van der Waals surface area contributed by atoms with E-state index in [1.165, 1.54) is 11.1 Å². The predicted molar refractivity (Wildman–Crippen MR) is 146 cm³/mol. The Kier molecular flexibility index (Phi) is 8.72. The molecule has 0 aliphatic carbocycles. The quantitative estimate of drug-likeness (QED) is 0.229. The largest absolute Gasteiger partial charge is 0.227 e. The van der Waals surface area contributed by atoms with Gasteiger partial charge in [-0.25, -0.2) is 9.97 Å². The first-order chi connectivity index (χ1) is 16.7. The van der Waals surface area contributed by atoms with Crippen LogP contribution in [0.5, 0.6) is 0 Å². The molecule has 0 bridgehead atoms. The molecular weight excluding hydrogens is 412 g/mol. The molecule has 2 heteroatoms. The third-order valence-corrected chi connectivity index (χ3v) is 5.16. The SMILES string of the molecule is C#C/C(=C\C=C/C)c1nc(-c2cccc(C)c2)cc(-c2cccc(-c3ccccc3)c2)n1.CC. The van der Waals surface area contributed by atoms with Gasteiger partial charge in [0.15, 0.2) is 5.82 Å². The smallest absolute Gasteiger partial charge is 0.168 e. The fraction of sp³-hybridized carbons (Fsp3) is 0.125. The van der Waals surface area contributed by atoms with Gasteiger partial charge in [-0.2, -0.15) is 0 Å². The summed E-state index contributed by atoms with van der Waals surface area (Å²) < 4.78 is 0. The lowest BCUT2D eigenvalue weighted by Gasteiger charge is -2.10. The first kappa shape index (κ1) is 24.4. The lowest BCUT2D eigenvalue weighted by atomic mass is 10.0. The van der Waals surface area contributed by atoms with Gasteiger partial charge in [-0.05, 0) is 49.2 Å². The highest BCUT2D eigenvalue weighted by Gasteiger charge is 2.12. The van der Waals surface area contributed by atoms with Crippen LogP contribution in [-0.2, 0) is 0 Å². The van der Waals surface area contributed by atoms with Gasteiger partial charge in [0, 0.05) is 11.1 Å². The molecule has 168 valence electrons. The van der Waals surface area contributed by atoms with Crippen LogP contribution in [0.1, 0.15) is 32.2 Å². The number of hydrogen-bond acceptors (Lipinski definition) is 2. The Hall–Kier alpha value is -4.22. The number of hydrogen-bond donors (Lipinski definition) is 0. The van der Waals surface area contributed by atoms with E-state index in [0.717, 1.165) is 28.1 Å². The summed E-state index contributed by atoms with van der Waals surface area (Å²) in [7, 11) is 0. The van der Waals surface area contributed by atoms with E-state index in [-0.39, 0.29) is 0 Å². The van der Waals surface area contributed by atoms with Crippen LogP contribution in [0.15, 0.2) is 103 Å². The van der Waals surface area contributed by atoms with Gasteiger partial charge < -0.3 is 0 Å². The Morgan fingerprint density at radius 3 is 1.94 bits per heavy atom. The first-order valence-electron chi connectivity index (χ1n) is 11.6.